The average Bonchev–Trinajstić information content (AvgIpc) is 2.17. The number of likely N-dealkylation sites (tertiary alicyclic amines) is 1. The lowest BCUT2D eigenvalue weighted by Gasteiger charge is -2.39. The van der Waals surface area contributed by atoms with E-state index >= 15 is 0 Å². The van der Waals surface area contributed by atoms with Crippen LogP contribution in [0.3, 0.4) is 0 Å². The first-order chi connectivity index (χ1) is 6.97. The molecule has 15 heavy (non-hydrogen) atoms. The van der Waals surface area contributed by atoms with E-state index in [0.29, 0.717) is 6.54 Å². The second-order valence-electron chi connectivity index (χ2n) is 4.78. The molecule has 0 saturated carbocycles. The molecule has 0 spiro atoms. The second-order valence-corrected chi connectivity index (χ2v) is 4.78. The lowest BCUT2D eigenvalue weighted by atomic mass is 9.95. The Morgan fingerprint density at radius 2 is 2.20 bits per heavy atom. The van der Waals surface area contributed by atoms with Gasteiger partial charge in [0.15, 0.2) is 0 Å². The lowest BCUT2D eigenvalue weighted by Crippen LogP contribution is -2.53. The topological polar surface area (TPSA) is 41.6 Å². The number of hydrogen-bond donors (Lipinski definition) is 1. The highest BCUT2D eigenvalue weighted by Gasteiger charge is 2.32. The summed E-state index contributed by atoms with van der Waals surface area (Å²) in [5.41, 5.74) is -0.174. The van der Waals surface area contributed by atoms with Crippen LogP contribution in [0.2, 0.25) is 0 Å². The van der Waals surface area contributed by atoms with Gasteiger partial charge in [0, 0.05) is 19.7 Å². The van der Waals surface area contributed by atoms with E-state index in [1.807, 2.05) is 18.7 Å². The van der Waals surface area contributed by atoms with E-state index in [1.165, 1.54) is 0 Å². The Bertz CT molecular complexity index is 231. The third-order valence-electron chi connectivity index (χ3n) is 2.85. The maximum atomic E-state index is 11.8. The van der Waals surface area contributed by atoms with Gasteiger partial charge in [0.05, 0.1) is 12.1 Å². The fourth-order valence-electron chi connectivity index (χ4n) is 1.88. The van der Waals surface area contributed by atoms with Gasteiger partial charge < -0.3 is 15.0 Å². The maximum absolute atomic E-state index is 11.8. The Labute approximate surface area is 92.0 Å². The predicted molar refractivity (Wildman–Crippen MR) is 59.9 cm³/mol. The van der Waals surface area contributed by atoms with Gasteiger partial charge in [-0.1, -0.05) is 0 Å². The largest absolute Gasteiger partial charge is 0.377 e. The Kier molecular flexibility index (Phi) is 3.97. The van der Waals surface area contributed by atoms with E-state index in [2.05, 4.69) is 12.2 Å². The highest BCUT2D eigenvalue weighted by molar-refractivity contribution is 5.74. The van der Waals surface area contributed by atoms with Gasteiger partial charge in [0.2, 0.25) is 0 Å². The van der Waals surface area contributed by atoms with Crippen LogP contribution in [-0.2, 0) is 4.74 Å². The van der Waals surface area contributed by atoms with Crippen LogP contribution in [0.4, 0.5) is 4.79 Å². The summed E-state index contributed by atoms with van der Waals surface area (Å²) in [4.78, 5) is 13.6. The number of nitrogens with zero attached hydrogens (tertiary/aromatic N) is 1. The van der Waals surface area contributed by atoms with E-state index in [-0.39, 0.29) is 17.7 Å². The van der Waals surface area contributed by atoms with Crippen LogP contribution in [0.15, 0.2) is 0 Å². The molecule has 0 aromatic carbocycles. The molecule has 1 N–H and O–H groups in total. The molecule has 2 amide bonds. The van der Waals surface area contributed by atoms with Crippen LogP contribution in [0.5, 0.6) is 0 Å². The monoisotopic (exact) mass is 214 g/mol. The Balaban J connectivity index is 2.52. The van der Waals surface area contributed by atoms with Crippen molar-refractivity contribution < 1.29 is 9.53 Å². The Hall–Kier alpha value is -0.770. The molecule has 1 atom stereocenters. The molecule has 1 fully saturated rings. The van der Waals surface area contributed by atoms with Gasteiger partial charge >= 0.3 is 6.03 Å². The molecule has 0 aromatic rings. The zero-order valence-electron chi connectivity index (χ0n) is 10.2. The summed E-state index contributed by atoms with van der Waals surface area (Å²) >= 11 is 0. The van der Waals surface area contributed by atoms with Gasteiger partial charge in [-0.3, -0.25) is 0 Å². The SMILES string of the molecule is COC1(C)CCCN(C(=O)NC(C)C)C1. The van der Waals surface area contributed by atoms with Gasteiger partial charge in [0.1, 0.15) is 0 Å². The molecule has 1 aliphatic rings. The number of rotatable bonds is 2. The van der Waals surface area contributed by atoms with E-state index in [9.17, 15) is 4.79 Å². The minimum atomic E-state index is -0.174. The molecule has 1 heterocycles. The van der Waals surface area contributed by atoms with Crippen LogP contribution in [0.1, 0.15) is 33.6 Å². The molecule has 0 radical (unpaired) electrons. The number of nitrogens with one attached hydrogen (secondary N) is 1. The summed E-state index contributed by atoms with van der Waals surface area (Å²) in [6.07, 6.45) is 2.03. The first kappa shape index (κ1) is 12.3. The summed E-state index contributed by atoms with van der Waals surface area (Å²) in [6.45, 7) is 7.51. The van der Waals surface area contributed by atoms with Gasteiger partial charge in [0.25, 0.3) is 0 Å². The molecule has 4 nitrogen and oxygen atoms in total. The highest BCUT2D eigenvalue weighted by atomic mass is 16.5. The van der Waals surface area contributed by atoms with Crippen molar-refractivity contribution in [2.45, 2.75) is 45.3 Å². The number of piperidine rings is 1. The third kappa shape index (κ3) is 3.38. The molecule has 1 unspecified atom stereocenters. The minimum absolute atomic E-state index is 0.0213. The lowest BCUT2D eigenvalue weighted by molar-refractivity contribution is -0.0402. The summed E-state index contributed by atoms with van der Waals surface area (Å²) < 4.78 is 5.44. The molecule has 1 rings (SSSR count). The second kappa shape index (κ2) is 4.84. The average molecular weight is 214 g/mol. The minimum Gasteiger partial charge on any atom is -0.377 e. The first-order valence-electron chi connectivity index (χ1n) is 5.57. The van der Waals surface area contributed by atoms with Crippen LogP contribution >= 0.6 is 0 Å². The molecule has 1 aliphatic heterocycles. The molecule has 88 valence electrons. The molecular formula is C11H22N2O2. The van der Waals surface area contributed by atoms with Crippen LogP contribution in [-0.4, -0.2) is 42.8 Å². The number of carbonyl (C=O) groups is 1. The maximum Gasteiger partial charge on any atom is 0.317 e. The van der Waals surface area contributed by atoms with Crippen LogP contribution < -0.4 is 5.32 Å². The zero-order chi connectivity index (χ0) is 11.5. The summed E-state index contributed by atoms with van der Waals surface area (Å²) in [5.74, 6) is 0. The number of ether oxygens (including phenoxy) is 1. The van der Waals surface area contributed by atoms with E-state index in [0.717, 1.165) is 19.4 Å². The predicted octanol–water partition coefficient (Wildman–Crippen LogP) is 1.61. The molecular weight excluding hydrogens is 192 g/mol. The van der Waals surface area contributed by atoms with Gasteiger partial charge in [-0.15, -0.1) is 0 Å². The van der Waals surface area contributed by atoms with Crippen molar-refractivity contribution in [1.82, 2.24) is 10.2 Å². The number of amides is 2. The third-order valence-corrected chi connectivity index (χ3v) is 2.85. The van der Waals surface area contributed by atoms with Gasteiger partial charge in [-0.2, -0.15) is 0 Å². The van der Waals surface area contributed by atoms with Crippen LogP contribution in [0.25, 0.3) is 0 Å². The smallest absolute Gasteiger partial charge is 0.317 e. The van der Waals surface area contributed by atoms with Crippen molar-refractivity contribution in [3.8, 4) is 0 Å². The quantitative estimate of drug-likeness (QED) is 0.758. The van der Waals surface area contributed by atoms with Gasteiger partial charge in [-0.05, 0) is 33.6 Å². The molecule has 4 heteroatoms. The van der Waals surface area contributed by atoms with E-state index in [1.54, 1.807) is 7.11 Å². The summed E-state index contributed by atoms with van der Waals surface area (Å²) in [6, 6.07) is 0.209. The zero-order valence-corrected chi connectivity index (χ0v) is 10.2. The van der Waals surface area contributed by atoms with Crippen molar-refractivity contribution >= 4 is 6.03 Å². The fourth-order valence-corrected chi connectivity index (χ4v) is 1.88. The van der Waals surface area contributed by atoms with Crippen molar-refractivity contribution in [1.29, 1.82) is 0 Å². The van der Waals surface area contributed by atoms with Gasteiger partial charge in [-0.25, -0.2) is 4.79 Å². The normalized spacial score (nSPS) is 26.9. The Morgan fingerprint density at radius 1 is 1.53 bits per heavy atom. The van der Waals surface area contributed by atoms with Crippen LogP contribution in [0, 0.1) is 0 Å². The standard InChI is InChI=1S/C11H22N2O2/c1-9(2)12-10(14)13-7-5-6-11(3,8-13)15-4/h9H,5-8H2,1-4H3,(H,12,14). The highest BCUT2D eigenvalue weighted by Crippen LogP contribution is 2.23. The molecule has 0 aliphatic carbocycles. The first-order valence-corrected chi connectivity index (χ1v) is 5.57. The summed E-state index contributed by atoms with van der Waals surface area (Å²) in [5, 5.41) is 2.91. The molecule has 0 aromatic heterocycles. The van der Waals surface area contributed by atoms with Crippen molar-refractivity contribution in [3.63, 3.8) is 0 Å². The summed E-state index contributed by atoms with van der Waals surface area (Å²) in [7, 11) is 1.71. The number of hydrogen-bond acceptors (Lipinski definition) is 2. The number of methoxy groups -OCH3 is 1. The molecule has 1 saturated heterocycles. The Morgan fingerprint density at radius 3 is 2.73 bits per heavy atom. The number of urea groups is 1. The van der Waals surface area contributed by atoms with Crippen molar-refractivity contribution in [2.24, 2.45) is 0 Å². The van der Waals surface area contributed by atoms with E-state index < -0.39 is 0 Å². The fraction of sp³-hybridized carbons (Fsp3) is 0.909. The molecule has 0 bridgehead atoms. The number of carbonyl (C=O) groups excluding carboxylic acids is 1. The van der Waals surface area contributed by atoms with Crippen molar-refractivity contribution in [2.75, 3.05) is 20.2 Å². The van der Waals surface area contributed by atoms with Crippen molar-refractivity contribution in [3.05, 3.63) is 0 Å². The van der Waals surface area contributed by atoms with E-state index in [4.69, 9.17) is 4.74 Å².